The Morgan fingerprint density at radius 2 is 1.90 bits per heavy atom. The van der Waals surface area contributed by atoms with Crippen molar-refractivity contribution >= 4 is 11.6 Å². The number of H-pyrrole nitrogens is 1. The number of halogens is 3. The SMILES string of the molecule is CC(C)c1c(Cl)[nH]c(=O)n(-c2cccc(F)c2F)c1=O. The molecule has 0 saturated carbocycles. The molecule has 0 spiro atoms. The molecule has 4 nitrogen and oxygen atoms in total. The highest BCUT2D eigenvalue weighted by Gasteiger charge is 2.19. The molecule has 1 N–H and O–H groups in total. The molecule has 1 heterocycles. The first-order valence-corrected chi connectivity index (χ1v) is 6.21. The lowest BCUT2D eigenvalue weighted by atomic mass is 10.1. The molecule has 0 aliphatic rings. The molecule has 2 rings (SSSR count). The molecule has 0 saturated heterocycles. The highest BCUT2D eigenvalue weighted by atomic mass is 35.5. The number of hydrogen-bond acceptors (Lipinski definition) is 2. The van der Waals surface area contributed by atoms with Crippen LogP contribution < -0.4 is 11.2 Å². The van der Waals surface area contributed by atoms with Crippen molar-refractivity contribution in [1.29, 1.82) is 0 Å². The summed E-state index contributed by atoms with van der Waals surface area (Å²) in [5.74, 6) is -2.69. The molecule has 106 valence electrons. The Bertz CT molecular complexity index is 781. The van der Waals surface area contributed by atoms with Crippen LogP contribution in [0.15, 0.2) is 27.8 Å². The number of aromatic amines is 1. The van der Waals surface area contributed by atoms with Gasteiger partial charge in [0.15, 0.2) is 11.6 Å². The van der Waals surface area contributed by atoms with Gasteiger partial charge in [0.1, 0.15) is 5.15 Å². The third-order valence-electron chi connectivity index (χ3n) is 2.84. The van der Waals surface area contributed by atoms with Crippen molar-refractivity contribution in [2.75, 3.05) is 0 Å². The number of nitrogens with one attached hydrogen (secondary N) is 1. The van der Waals surface area contributed by atoms with E-state index in [-0.39, 0.29) is 16.6 Å². The van der Waals surface area contributed by atoms with Crippen LogP contribution >= 0.6 is 11.6 Å². The minimum Gasteiger partial charge on any atom is -0.297 e. The van der Waals surface area contributed by atoms with Gasteiger partial charge < -0.3 is 0 Å². The number of hydrogen-bond donors (Lipinski definition) is 1. The van der Waals surface area contributed by atoms with E-state index in [1.807, 2.05) is 0 Å². The fourth-order valence-corrected chi connectivity index (χ4v) is 2.29. The number of nitrogens with zero attached hydrogens (tertiary/aromatic N) is 1. The summed E-state index contributed by atoms with van der Waals surface area (Å²) < 4.78 is 27.5. The van der Waals surface area contributed by atoms with Crippen molar-refractivity contribution in [2.45, 2.75) is 19.8 Å². The Kier molecular flexibility index (Phi) is 3.76. The molecule has 0 amide bonds. The Morgan fingerprint density at radius 1 is 1.25 bits per heavy atom. The van der Waals surface area contributed by atoms with Crippen LogP contribution in [0.25, 0.3) is 5.69 Å². The van der Waals surface area contributed by atoms with E-state index >= 15 is 0 Å². The van der Waals surface area contributed by atoms with Crippen LogP contribution in [0.1, 0.15) is 25.3 Å². The monoisotopic (exact) mass is 300 g/mol. The topological polar surface area (TPSA) is 54.9 Å². The minimum atomic E-state index is -1.27. The lowest BCUT2D eigenvalue weighted by molar-refractivity contribution is 0.502. The highest BCUT2D eigenvalue weighted by Crippen LogP contribution is 2.18. The van der Waals surface area contributed by atoms with Crippen molar-refractivity contribution in [3.8, 4) is 5.69 Å². The Hall–Kier alpha value is -1.95. The van der Waals surface area contributed by atoms with Gasteiger partial charge in [-0.2, -0.15) is 0 Å². The minimum absolute atomic E-state index is 0.0944. The van der Waals surface area contributed by atoms with Crippen molar-refractivity contribution in [2.24, 2.45) is 0 Å². The van der Waals surface area contributed by atoms with Crippen LogP contribution in [0, 0.1) is 11.6 Å². The fourth-order valence-electron chi connectivity index (χ4n) is 1.91. The van der Waals surface area contributed by atoms with E-state index in [1.54, 1.807) is 13.8 Å². The first kappa shape index (κ1) is 14.5. The third kappa shape index (κ3) is 2.27. The maximum Gasteiger partial charge on any atom is 0.334 e. The Labute approximate surface area is 117 Å². The Balaban J connectivity index is 2.89. The zero-order valence-electron chi connectivity index (χ0n) is 10.7. The maximum absolute atomic E-state index is 13.8. The predicted molar refractivity (Wildman–Crippen MR) is 71.7 cm³/mol. The molecule has 0 bridgehead atoms. The van der Waals surface area contributed by atoms with Crippen LogP contribution in [0.3, 0.4) is 0 Å². The predicted octanol–water partition coefficient (Wildman–Crippen LogP) is 2.58. The quantitative estimate of drug-likeness (QED) is 0.867. The second kappa shape index (κ2) is 5.20. The third-order valence-corrected chi connectivity index (χ3v) is 3.14. The van der Waals surface area contributed by atoms with E-state index in [2.05, 4.69) is 4.98 Å². The lowest BCUT2D eigenvalue weighted by Gasteiger charge is -2.11. The summed E-state index contributed by atoms with van der Waals surface area (Å²) in [5, 5.41) is -0.0944. The number of aromatic nitrogens is 2. The van der Waals surface area contributed by atoms with Gasteiger partial charge >= 0.3 is 5.69 Å². The summed E-state index contributed by atoms with van der Waals surface area (Å²) in [6.45, 7) is 3.40. The Morgan fingerprint density at radius 3 is 2.50 bits per heavy atom. The highest BCUT2D eigenvalue weighted by molar-refractivity contribution is 6.30. The average molecular weight is 301 g/mol. The molecular formula is C13H11ClF2N2O2. The van der Waals surface area contributed by atoms with Gasteiger partial charge in [-0.05, 0) is 18.1 Å². The molecular weight excluding hydrogens is 290 g/mol. The average Bonchev–Trinajstić information content (AvgIpc) is 2.33. The van der Waals surface area contributed by atoms with Crippen LogP contribution in [0.5, 0.6) is 0 Å². The maximum atomic E-state index is 13.8. The van der Waals surface area contributed by atoms with Gasteiger partial charge in [-0.15, -0.1) is 0 Å². The first-order chi connectivity index (χ1) is 9.34. The van der Waals surface area contributed by atoms with Gasteiger partial charge in [0.05, 0.1) is 11.3 Å². The van der Waals surface area contributed by atoms with Crippen molar-refractivity contribution < 1.29 is 8.78 Å². The smallest absolute Gasteiger partial charge is 0.297 e. The zero-order chi connectivity index (χ0) is 15.0. The molecule has 0 atom stereocenters. The molecule has 0 aliphatic carbocycles. The van der Waals surface area contributed by atoms with Crippen LogP contribution in [-0.4, -0.2) is 9.55 Å². The van der Waals surface area contributed by atoms with E-state index in [0.29, 0.717) is 4.57 Å². The standard InChI is InChI=1S/C13H11ClF2N2O2/c1-6(2)9-11(14)17-13(20)18(12(9)19)8-5-3-4-7(15)10(8)16/h3-6H,1-2H3,(H,17,20). The molecule has 1 aromatic heterocycles. The molecule has 2 aromatic rings. The summed E-state index contributed by atoms with van der Waals surface area (Å²) in [6, 6.07) is 3.26. The first-order valence-electron chi connectivity index (χ1n) is 5.83. The molecule has 1 aromatic carbocycles. The summed E-state index contributed by atoms with van der Waals surface area (Å²) in [4.78, 5) is 26.4. The van der Waals surface area contributed by atoms with E-state index in [9.17, 15) is 18.4 Å². The van der Waals surface area contributed by atoms with Gasteiger partial charge in [0, 0.05) is 0 Å². The van der Waals surface area contributed by atoms with Crippen molar-refractivity contribution in [3.63, 3.8) is 0 Å². The van der Waals surface area contributed by atoms with E-state index in [4.69, 9.17) is 11.6 Å². The van der Waals surface area contributed by atoms with Gasteiger partial charge in [0.25, 0.3) is 5.56 Å². The second-order valence-corrected chi connectivity index (χ2v) is 4.90. The number of benzene rings is 1. The van der Waals surface area contributed by atoms with E-state index in [0.717, 1.165) is 12.1 Å². The fraction of sp³-hybridized carbons (Fsp3) is 0.231. The van der Waals surface area contributed by atoms with Gasteiger partial charge in [-0.3, -0.25) is 9.78 Å². The van der Waals surface area contributed by atoms with Crippen molar-refractivity contribution in [1.82, 2.24) is 9.55 Å². The van der Waals surface area contributed by atoms with E-state index < -0.39 is 28.6 Å². The van der Waals surface area contributed by atoms with Gasteiger partial charge in [-0.25, -0.2) is 18.1 Å². The second-order valence-electron chi connectivity index (χ2n) is 4.53. The largest absolute Gasteiger partial charge is 0.334 e. The van der Waals surface area contributed by atoms with Gasteiger partial charge in [0.2, 0.25) is 0 Å². The summed E-state index contributed by atoms with van der Waals surface area (Å²) >= 11 is 5.82. The van der Waals surface area contributed by atoms with Crippen LogP contribution in [-0.2, 0) is 0 Å². The zero-order valence-corrected chi connectivity index (χ0v) is 11.5. The molecule has 0 radical (unpaired) electrons. The molecule has 20 heavy (non-hydrogen) atoms. The number of rotatable bonds is 2. The summed E-state index contributed by atoms with van der Waals surface area (Å²) in [6.07, 6.45) is 0. The van der Waals surface area contributed by atoms with Crippen LogP contribution in [0.4, 0.5) is 8.78 Å². The molecule has 0 unspecified atom stereocenters. The normalized spacial score (nSPS) is 11.1. The van der Waals surface area contributed by atoms with Crippen LogP contribution in [0.2, 0.25) is 5.15 Å². The molecule has 0 fully saturated rings. The summed E-state index contributed by atoms with van der Waals surface area (Å²) in [7, 11) is 0. The lowest BCUT2D eigenvalue weighted by Crippen LogP contribution is -2.37. The summed E-state index contributed by atoms with van der Waals surface area (Å²) in [5.41, 5.74) is -2.00. The van der Waals surface area contributed by atoms with E-state index in [1.165, 1.54) is 6.07 Å². The van der Waals surface area contributed by atoms with Gasteiger partial charge in [-0.1, -0.05) is 31.5 Å². The molecule has 7 heteroatoms. The molecule has 0 aliphatic heterocycles. The van der Waals surface area contributed by atoms with Crippen molar-refractivity contribution in [3.05, 3.63) is 61.4 Å².